The molecule has 0 unspecified atom stereocenters. The highest BCUT2D eigenvalue weighted by Crippen LogP contribution is 2.24. The number of carbonyl (C=O) groups is 1. The molecule has 4 nitrogen and oxygen atoms in total. The van der Waals surface area contributed by atoms with Gasteiger partial charge >= 0.3 is 0 Å². The fourth-order valence-corrected chi connectivity index (χ4v) is 2.03. The van der Waals surface area contributed by atoms with Crippen molar-refractivity contribution in [1.82, 2.24) is 9.88 Å². The molecule has 0 atom stereocenters. The van der Waals surface area contributed by atoms with E-state index in [2.05, 4.69) is 5.32 Å². The van der Waals surface area contributed by atoms with Gasteiger partial charge in [0.1, 0.15) is 5.69 Å². The molecule has 102 valence electrons. The zero-order valence-corrected chi connectivity index (χ0v) is 11.6. The van der Waals surface area contributed by atoms with Crippen molar-refractivity contribution in [3.8, 4) is 0 Å². The number of nitrogens with zero attached hydrogens (tertiary/aromatic N) is 1. The largest absolute Gasteiger partial charge is 0.396 e. The van der Waals surface area contributed by atoms with E-state index in [0.29, 0.717) is 12.2 Å². The van der Waals surface area contributed by atoms with Crippen molar-refractivity contribution in [3.05, 3.63) is 24.0 Å². The van der Waals surface area contributed by atoms with E-state index in [1.54, 1.807) is 0 Å². The summed E-state index contributed by atoms with van der Waals surface area (Å²) in [7, 11) is 0. The first-order valence-electron chi connectivity index (χ1n) is 6.66. The first-order valence-corrected chi connectivity index (χ1v) is 6.66. The fraction of sp³-hybridized carbons (Fsp3) is 0.643. The summed E-state index contributed by atoms with van der Waals surface area (Å²) in [5.74, 6) is -0.0680. The minimum atomic E-state index is -0.195. The predicted molar refractivity (Wildman–Crippen MR) is 72.5 cm³/mol. The lowest BCUT2D eigenvalue weighted by molar-refractivity contribution is 0.0843. The SMILES string of the molecule is CCn1cccc1C(=O)NCC(CC)(CC)CO. The van der Waals surface area contributed by atoms with Gasteiger partial charge in [0.2, 0.25) is 0 Å². The Hall–Kier alpha value is -1.29. The molecule has 1 amide bonds. The minimum Gasteiger partial charge on any atom is -0.396 e. The molecule has 0 fully saturated rings. The minimum absolute atomic E-state index is 0.0680. The molecule has 2 N–H and O–H groups in total. The van der Waals surface area contributed by atoms with E-state index in [0.717, 1.165) is 19.4 Å². The van der Waals surface area contributed by atoms with Gasteiger partial charge in [-0.25, -0.2) is 0 Å². The first-order chi connectivity index (χ1) is 8.62. The van der Waals surface area contributed by atoms with Gasteiger partial charge in [-0.2, -0.15) is 0 Å². The highest BCUT2D eigenvalue weighted by molar-refractivity contribution is 5.92. The van der Waals surface area contributed by atoms with E-state index in [4.69, 9.17) is 0 Å². The van der Waals surface area contributed by atoms with Crippen molar-refractivity contribution < 1.29 is 9.90 Å². The number of hydrogen-bond acceptors (Lipinski definition) is 2. The zero-order chi connectivity index (χ0) is 13.6. The highest BCUT2D eigenvalue weighted by atomic mass is 16.3. The van der Waals surface area contributed by atoms with Gasteiger partial charge in [0, 0.05) is 24.7 Å². The summed E-state index contributed by atoms with van der Waals surface area (Å²) in [6.07, 6.45) is 3.61. The van der Waals surface area contributed by atoms with Gasteiger partial charge in [-0.3, -0.25) is 4.79 Å². The maximum absolute atomic E-state index is 12.1. The number of aliphatic hydroxyl groups excluding tert-OH is 1. The lowest BCUT2D eigenvalue weighted by atomic mass is 9.83. The highest BCUT2D eigenvalue weighted by Gasteiger charge is 2.26. The van der Waals surface area contributed by atoms with E-state index in [9.17, 15) is 9.90 Å². The first kappa shape index (κ1) is 14.8. The molecule has 1 aromatic heterocycles. The van der Waals surface area contributed by atoms with Crippen molar-refractivity contribution in [2.24, 2.45) is 5.41 Å². The van der Waals surface area contributed by atoms with Crippen LogP contribution in [0.1, 0.15) is 44.1 Å². The molecule has 1 aromatic rings. The van der Waals surface area contributed by atoms with Crippen LogP contribution < -0.4 is 5.32 Å². The van der Waals surface area contributed by atoms with Gasteiger partial charge in [-0.05, 0) is 31.9 Å². The summed E-state index contributed by atoms with van der Waals surface area (Å²) in [6, 6.07) is 3.69. The van der Waals surface area contributed by atoms with Crippen LogP contribution in [0.5, 0.6) is 0 Å². The molecule has 0 bridgehead atoms. The van der Waals surface area contributed by atoms with Crippen LogP contribution in [0.25, 0.3) is 0 Å². The number of aromatic nitrogens is 1. The smallest absolute Gasteiger partial charge is 0.267 e. The molecule has 0 saturated carbocycles. The van der Waals surface area contributed by atoms with E-state index in [1.807, 2.05) is 43.7 Å². The third kappa shape index (κ3) is 3.13. The van der Waals surface area contributed by atoms with Crippen LogP contribution in [0.15, 0.2) is 18.3 Å². The summed E-state index contributed by atoms with van der Waals surface area (Å²) in [5.41, 5.74) is 0.482. The van der Waals surface area contributed by atoms with Gasteiger partial charge in [0.05, 0.1) is 6.61 Å². The van der Waals surface area contributed by atoms with Crippen molar-refractivity contribution in [3.63, 3.8) is 0 Å². The summed E-state index contributed by atoms with van der Waals surface area (Å²) < 4.78 is 1.91. The van der Waals surface area contributed by atoms with Crippen LogP contribution in [-0.2, 0) is 6.54 Å². The van der Waals surface area contributed by atoms with Crippen LogP contribution in [0.4, 0.5) is 0 Å². The second-order valence-corrected chi connectivity index (χ2v) is 4.73. The Morgan fingerprint density at radius 1 is 1.39 bits per heavy atom. The molecule has 18 heavy (non-hydrogen) atoms. The Balaban J connectivity index is 2.66. The number of amides is 1. The monoisotopic (exact) mass is 252 g/mol. The van der Waals surface area contributed by atoms with Gasteiger partial charge < -0.3 is 15.0 Å². The molecule has 0 saturated heterocycles. The number of rotatable bonds is 7. The second kappa shape index (κ2) is 6.59. The Kier molecular flexibility index (Phi) is 5.41. The molecular formula is C14H24N2O2. The van der Waals surface area contributed by atoms with E-state index in [1.165, 1.54) is 0 Å². The molecule has 0 spiro atoms. The van der Waals surface area contributed by atoms with Gasteiger partial charge in [-0.15, -0.1) is 0 Å². The molecule has 1 heterocycles. The molecule has 0 aliphatic carbocycles. The van der Waals surface area contributed by atoms with E-state index in [-0.39, 0.29) is 17.9 Å². The zero-order valence-electron chi connectivity index (χ0n) is 11.6. The lowest BCUT2D eigenvalue weighted by Crippen LogP contribution is -2.39. The van der Waals surface area contributed by atoms with Crippen LogP contribution in [-0.4, -0.2) is 28.7 Å². The summed E-state index contributed by atoms with van der Waals surface area (Å²) >= 11 is 0. The van der Waals surface area contributed by atoms with Crippen LogP contribution >= 0.6 is 0 Å². The average molecular weight is 252 g/mol. The quantitative estimate of drug-likeness (QED) is 0.780. The Morgan fingerprint density at radius 3 is 2.56 bits per heavy atom. The second-order valence-electron chi connectivity index (χ2n) is 4.73. The topological polar surface area (TPSA) is 54.3 Å². The maximum Gasteiger partial charge on any atom is 0.267 e. The molecular weight excluding hydrogens is 228 g/mol. The number of aliphatic hydroxyl groups is 1. The van der Waals surface area contributed by atoms with E-state index >= 15 is 0 Å². The Bertz CT molecular complexity index is 373. The summed E-state index contributed by atoms with van der Waals surface area (Å²) in [4.78, 5) is 12.1. The maximum atomic E-state index is 12.1. The van der Waals surface area contributed by atoms with Gasteiger partial charge in [-0.1, -0.05) is 13.8 Å². The molecule has 4 heteroatoms. The number of carbonyl (C=O) groups excluding carboxylic acids is 1. The normalized spacial score (nSPS) is 11.6. The van der Waals surface area contributed by atoms with Crippen molar-refractivity contribution in [2.75, 3.05) is 13.2 Å². The molecule has 0 aromatic carbocycles. The van der Waals surface area contributed by atoms with Crippen LogP contribution in [0.3, 0.4) is 0 Å². The predicted octanol–water partition coefficient (Wildman–Crippen LogP) is 2.04. The van der Waals surface area contributed by atoms with Crippen molar-refractivity contribution in [2.45, 2.75) is 40.2 Å². The van der Waals surface area contributed by atoms with Crippen LogP contribution in [0, 0.1) is 5.41 Å². The molecule has 0 radical (unpaired) electrons. The standard InChI is InChI=1S/C14H24N2O2/c1-4-14(5-2,11-17)10-15-13(18)12-8-7-9-16(12)6-3/h7-9,17H,4-6,10-11H2,1-3H3,(H,15,18). The third-order valence-electron chi connectivity index (χ3n) is 3.86. The van der Waals surface area contributed by atoms with Crippen LogP contribution in [0.2, 0.25) is 0 Å². The molecule has 0 aliphatic heterocycles. The van der Waals surface area contributed by atoms with Crippen molar-refractivity contribution in [1.29, 1.82) is 0 Å². The van der Waals surface area contributed by atoms with E-state index < -0.39 is 0 Å². The molecule has 1 rings (SSSR count). The molecule has 0 aliphatic rings. The number of nitrogens with one attached hydrogen (secondary N) is 1. The number of hydrogen-bond donors (Lipinski definition) is 2. The average Bonchev–Trinajstić information content (AvgIpc) is 2.89. The lowest BCUT2D eigenvalue weighted by Gasteiger charge is -2.29. The summed E-state index contributed by atoms with van der Waals surface area (Å²) in [5, 5.41) is 12.4. The third-order valence-corrected chi connectivity index (χ3v) is 3.86. The Morgan fingerprint density at radius 2 is 2.06 bits per heavy atom. The van der Waals surface area contributed by atoms with Gasteiger partial charge in [0.25, 0.3) is 5.91 Å². The fourth-order valence-electron chi connectivity index (χ4n) is 2.03. The number of aryl methyl sites for hydroxylation is 1. The summed E-state index contributed by atoms with van der Waals surface area (Å²) in [6.45, 7) is 7.50. The Labute approximate surface area is 109 Å². The van der Waals surface area contributed by atoms with Gasteiger partial charge in [0.15, 0.2) is 0 Å². The van der Waals surface area contributed by atoms with Crippen molar-refractivity contribution >= 4 is 5.91 Å².